The number of ether oxygens (including phenoxy) is 1. The predicted octanol–water partition coefficient (Wildman–Crippen LogP) is 6.14. The monoisotopic (exact) mass is 471 g/mol. The summed E-state index contributed by atoms with van der Waals surface area (Å²) in [6.07, 6.45) is 0.862. The van der Waals surface area contributed by atoms with Gasteiger partial charge < -0.3 is 15.2 Å². The van der Waals surface area contributed by atoms with E-state index >= 15 is 0 Å². The van der Waals surface area contributed by atoms with Crippen molar-refractivity contribution in [1.82, 2.24) is 9.97 Å². The Balaban J connectivity index is 1.58. The van der Waals surface area contributed by atoms with Crippen molar-refractivity contribution in [1.29, 1.82) is 0 Å². The summed E-state index contributed by atoms with van der Waals surface area (Å²) in [4.78, 5) is 9.30. The Morgan fingerprint density at radius 3 is 2.59 bits per heavy atom. The fraction of sp³-hybridized carbons (Fsp3) is 0.462. The largest absolute Gasteiger partial charge is 0.493 e. The lowest BCUT2D eigenvalue weighted by molar-refractivity contribution is 0.122. The van der Waals surface area contributed by atoms with Gasteiger partial charge in [0.25, 0.3) is 6.43 Å². The lowest BCUT2D eigenvalue weighted by Crippen LogP contribution is -2.17. The molecule has 180 valence electrons. The number of anilines is 1. The van der Waals surface area contributed by atoms with E-state index in [1.54, 1.807) is 13.8 Å². The second-order valence-electron chi connectivity index (χ2n) is 9.31. The van der Waals surface area contributed by atoms with Gasteiger partial charge in [0, 0.05) is 22.9 Å². The van der Waals surface area contributed by atoms with Gasteiger partial charge in [0.15, 0.2) is 0 Å². The number of aliphatic hydroxyl groups excluding tert-OH is 1. The third-order valence-corrected chi connectivity index (χ3v) is 7.03. The van der Waals surface area contributed by atoms with Crippen molar-refractivity contribution < 1.29 is 23.0 Å². The maximum atomic E-state index is 14.8. The van der Waals surface area contributed by atoms with Gasteiger partial charge in [-0.1, -0.05) is 18.2 Å². The molecule has 8 heteroatoms. The van der Waals surface area contributed by atoms with Gasteiger partial charge in [-0.2, -0.15) is 0 Å². The highest BCUT2D eigenvalue weighted by atomic mass is 19.3. The number of aromatic nitrogens is 2. The number of hydrogen-bond acceptors (Lipinski definition) is 5. The van der Waals surface area contributed by atoms with Gasteiger partial charge in [0.1, 0.15) is 23.2 Å². The van der Waals surface area contributed by atoms with Crippen LogP contribution in [0.15, 0.2) is 24.3 Å². The lowest BCUT2D eigenvalue weighted by atomic mass is 9.81. The molecule has 1 aliphatic carbocycles. The van der Waals surface area contributed by atoms with Crippen LogP contribution in [0.1, 0.15) is 79.1 Å². The number of halogens is 3. The molecule has 1 saturated carbocycles. The Kier molecular flexibility index (Phi) is 6.10. The average Bonchev–Trinajstić information content (AvgIpc) is 3.29. The highest BCUT2D eigenvalue weighted by molar-refractivity contribution is 5.94. The molecule has 5 nitrogen and oxygen atoms in total. The molecular weight excluding hydrogens is 443 g/mol. The van der Waals surface area contributed by atoms with Crippen LogP contribution in [-0.4, -0.2) is 27.8 Å². The zero-order chi connectivity index (χ0) is 24.0. The molecule has 0 radical (unpaired) electrons. The molecule has 1 aliphatic heterocycles. The van der Waals surface area contributed by atoms with Crippen LogP contribution in [0.3, 0.4) is 0 Å². The molecule has 2 aliphatic rings. The van der Waals surface area contributed by atoms with Crippen molar-refractivity contribution in [3.8, 4) is 5.75 Å². The molecule has 0 saturated heterocycles. The van der Waals surface area contributed by atoms with Crippen molar-refractivity contribution in [2.24, 2.45) is 0 Å². The second-order valence-corrected chi connectivity index (χ2v) is 9.31. The number of hydrogen-bond donors (Lipinski definition) is 2. The fourth-order valence-electron chi connectivity index (χ4n) is 5.26. The van der Waals surface area contributed by atoms with Crippen LogP contribution >= 0.6 is 0 Å². The van der Waals surface area contributed by atoms with E-state index in [4.69, 9.17) is 9.72 Å². The van der Waals surface area contributed by atoms with E-state index in [0.717, 1.165) is 65.9 Å². The standard InChI is InChI=1S/C26H28F3N3O2/c1-13(17-4-3-5-18(22(17)27)25(28)29)30-26-21-12-20(15-6-8-16(33)9-7-15)24-19(10-11-34-24)23(21)31-14(2)32-26/h3-5,12-13,15-16,25,33H,6-11H2,1-2H3,(H,30,31,32)/t13-,15?,16?/m1/s1. The molecule has 5 rings (SSSR count). The van der Waals surface area contributed by atoms with Crippen molar-refractivity contribution in [2.45, 2.75) is 70.4 Å². The maximum Gasteiger partial charge on any atom is 0.266 e. The summed E-state index contributed by atoms with van der Waals surface area (Å²) in [5.74, 6) is 1.37. The van der Waals surface area contributed by atoms with Crippen molar-refractivity contribution >= 4 is 16.7 Å². The number of rotatable bonds is 5. The quantitative estimate of drug-likeness (QED) is 0.468. The summed E-state index contributed by atoms with van der Waals surface area (Å²) in [6.45, 7) is 4.12. The summed E-state index contributed by atoms with van der Waals surface area (Å²) in [6, 6.07) is 5.54. The van der Waals surface area contributed by atoms with E-state index in [1.807, 2.05) is 0 Å². The number of aryl methyl sites for hydroxylation is 1. The smallest absolute Gasteiger partial charge is 0.266 e. The van der Waals surface area contributed by atoms with Crippen molar-refractivity contribution in [3.63, 3.8) is 0 Å². The van der Waals surface area contributed by atoms with Crippen LogP contribution in [0.5, 0.6) is 5.75 Å². The van der Waals surface area contributed by atoms with Crippen LogP contribution < -0.4 is 10.1 Å². The Morgan fingerprint density at radius 1 is 1.12 bits per heavy atom. The second kappa shape index (κ2) is 9.06. The molecule has 2 heterocycles. The van der Waals surface area contributed by atoms with E-state index in [2.05, 4.69) is 16.4 Å². The zero-order valence-electron chi connectivity index (χ0n) is 19.2. The normalized spacial score (nSPS) is 20.9. The molecule has 1 fully saturated rings. The Hall–Kier alpha value is -2.87. The van der Waals surface area contributed by atoms with Gasteiger partial charge in [-0.25, -0.2) is 23.1 Å². The highest BCUT2D eigenvalue weighted by Gasteiger charge is 2.30. The molecule has 0 amide bonds. The van der Waals surface area contributed by atoms with Crippen LogP contribution in [0.4, 0.5) is 19.0 Å². The summed E-state index contributed by atoms with van der Waals surface area (Å²) >= 11 is 0. The van der Waals surface area contributed by atoms with E-state index in [1.165, 1.54) is 12.1 Å². The molecule has 3 aromatic rings. The fourth-order valence-corrected chi connectivity index (χ4v) is 5.26. The molecular formula is C26H28F3N3O2. The Labute approximate surface area is 196 Å². The maximum absolute atomic E-state index is 14.8. The highest BCUT2D eigenvalue weighted by Crippen LogP contribution is 2.45. The summed E-state index contributed by atoms with van der Waals surface area (Å²) < 4.78 is 47.3. The van der Waals surface area contributed by atoms with Gasteiger partial charge >= 0.3 is 0 Å². The van der Waals surface area contributed by atoms with Gasteiger partial charge in [-0.3, -0.25) is 0 Å². The predicted molar refractivity (Wildman–Crippen MR) is 124 cm³/mol. The Morgan fingerprint density at radius 2 is 1.85 bits per heavy atom. The van der Waals surface area contributed by atoms with Crippen LogP contribution in [0.2, 0.25) is 0 Å². The third kappa shape index (κ3) is 4.08. The third-order valence-electron chi connectivity index (χ3n) is 7.03. The summed E-state index contributed by atoms with van der Waals surface area (Å²) in [7, 11) is 0. The summed E-state index contributed by atoms with van der Waals surface area (Å²) in [5, 5.41) is 14.0. The first kappa shape index (κ1) is 22.9. The van der Waals surface area contributed by atoms with Crippen molar-refractivity contribution in [2.75, 3.05) is 11.9 Å². The van der Waals surface area contributed by atoms with Gasteiger partial charge in [0.05, 0.1) is 29.8 Å². The van der Waals surface area contributed by atoms with E-state index in [0.29, 0.717) is 18.2 Å². The summed E-state index contributed by atoms with van der Waals surface area (Å²) in [5.41, 5.74) is 2.50. The number of nitrogens with zero attached hydrogens (tertiary/aromatic N) is 2. The molecule has 34 heavy (non-hydrogen) atoms. The minimum atomic E-state index is -2.88. The van der Waals surface area contributed by atoms with Crippen LogP contribution in [0.25, 0.3) is 10.9 Å². The first-order valence-electron chi connectivity index (χ1n) is 11.8. The molecule has 0 spiro atoms. The minimum Gasteiger partial charge on any atom is -0.493 e. The zero-order valence-corrected chi connectivity index (χ0v) is 19.2. The van der Waals surface area contributed by atoms with E-state index in [9.17, 15) is 18.3 Å². The first-order chi connectivity index (χ1) is 16.3. The topological polar surface area (TPSA) is 67.3 Å². The van der Waals surface area contributed by atoms with Crippen LogP contribution in [0, 0.1) is 12.7 Å². The van der Waals surface area contributed by atoms with Crippen molar-refractivity contribution in [3.05, 3.63) is 58.2 Å². The van der Waals surface area contributed by atoms with E-state index in [-0.39, 0.29) is 17.6 Å². The number of benzene rings is 2. The molecule has 2 N–H and O–H groups in total. The molecule has 2 aromatic carbocycles. The SMILES string of the molecule is Cc1nc(N[C@H](C)c2cccc(C(F)F)c2F)c2cc(C3CCC(O)CC3)c3c(c2n1)CCO3. The van der Waals surface area contributed by atoms with Gasteiger partial charge in [0.2, 0.25) is 0 Å². The molecule has 1 aromatic heterocycles. The minimum absolute atomic E-state index is 0.160. The average molecular weight is 472 g/mol. The van der Waals surface area contributed by atoms with Gasteiger partial charge in [-0.15, -0.1) is 0 Å². The molecule has 0 unspecified atom stereocenters. The Bertz CT molecular complexity index is 1230. The number of alkyl halides is 2. The molecule has 0 bridgehead atoms. The van der Waals surface area contributed by atoms with Gasteiger partial charge in [-0.05, 0) is 57.1 Å². The first-order valence-corrected chi connectivity index (χ1v) is 11.8. The molecule has 1 atom stereocenters. The number of nitrogens with one attached hydrogen (secondary N) is 1. The lowest BCUT2D eigenvalue weighted by Gasteiger charge is -2.27. The van der Waals surface area contributed by atoms with E-state index < -0.39 is 23.8 Å². The van der Waals surface area contributed by atoms with Crippen LogP contribution in [-0.2, 0) is 6.42 Å². The number of fused-ring (bicyclic) bond motifs is 3. The number of aliphatic hydroxyl groups is 1.